The van der Waals surface area contributed by atoms with E-state index in [2.05, 4.69) is 15.9 Å². The summed E-state index contributed by atoms with van der Waals surface area (Å²) in [6.07, 6.45) is 2.90. The van der Waals surface area contributed by atoms with Gasteiger partial charge in [-0.3, -0.25) is 0 Å². The van der Waals surface area contributed by atoms with E-state index in [0.717, 1.165) is 37.8 Å². The second-order valence-electron chi connectivity index (χ2n) is 2.09. The van der Waals surface area contributed by atoms with Crippen molar-refractivity contribution in [1.29, 1.82) is 0 Å². The van der Waals surface area contributed by atoms with Crippen molar-refractivity contribution in [1.82, 2.24) is 0 Å². The van der Waals surface area contributed by atoms with E-state index in [9.17, 15) is 0 Å². The van der Waals surface area contributed by atoms with Crippen LogP contribution in [0.4, 0.5) is 0 Å². The molecule has 3 heteroatoms. The molecule has 0 aromatic heterocycles. The zero-order valence-electron chi connectivity index (χ0n) is 6.18. The first-order valence-electron chi connectivity index (χ1n) is 3.66. The molecule has 0 bridgehead atoms. The first-order chi connectivity index (χ1) is 4.91. The van der Waals surface area contributed by atoms with E-state index in [0.29, 0.717) is 0 Å². The van der Waals surface area contributed by atoms with E-state index < -0.39 is 0 Å². The molecule has 0 aliphatic heterocycles. The lowest BCUT2D eigenvalue weighted by molar-refractivity contribution is 0.126. The van der Waals surface area contributed by atoms with Gasteiger partial charge in [-0.1, -0.05) is 15.9 Å². The second kappa shape index (κ2) is 9.40. The minimum Gasteiger partial charge on any atom is -0.396 e. The smallest absolute Gasteiger partial charge is 0.0474 e. The van der Waals surface area contributed by atoms with Gasteiger partial charge in [-0.15, -0.1) is 0 Å². The normalized spacial score (nSPS) is 10.2. The third-order valence-corrected chi connectivity index (χ3v) is 1.68. The largest absolute Gasteiger partial charge is 0.396 e. The van der Waals surface area contributed by atoms with Gasteiger partial charge < -0.3 is 9.84 Å². The fraction of sp³-hybridized carbons (Fsp3) is 1.00. The van der Waals surface area contributed by atoms with E-state index in [-0.39, 0.29) is 6.61 Å². The van der Waals surface area contributed by atoms with E-state index >= 15 is 0 Å². The Morgan fingerprint density at radius 3 is 2.40 bits per heavy atom. The van der Waals surface area contributed by atoms with Gasteiger partial charge in [0.25, 0.3) is 0 Å². The molecule has 0 heterocycles. The minimum absolute atomic E-state index is 0.280. The average molecular weight is 211 g/mol. The first-order valence-corrected chi connectivity index (χ1v) is 4.78. The lowest BCUT2D eigenvalue weighted by Crippen LogP contribution is -1.98. The molecule has 0 saturated carbocycles. The molecule has 62 valence electrons. The predicted octanol–water partition coefficient (Wildman–Crippen LogP) is 1.56. The fourth-order valence-electron chi connectivity index (χ4n) is 0.575. The molecule has 0 aliphatic carbocycles. The highest BCUT2D eigenvalue weighted by atomic mass is 79.9. The standard InChI is InChI=1S/C7H15BrO2/c8-4-3-7-10-6-2-1-5-9/h9H,1-7H2. The molecule has 0 fully saturated rings. The van der Waals surface area contributed by atoms with Crippen LogP contribution in [-0.2, 0) is 4.74 Å². The summed E-state index contributed by atoms with van der Waals surface area (Å²) in [5.41, 5.74) is 0. The van der Waals surface area contributed by atoms with Crippen LogP contribution in [0.1, 0.15) is 19.3 Å². The highest BCUT2D eigenvalue weighted by molar-refractivity contribution is 9.09. The molecule has 0 rings (SSSR count). The Morgan fingerprint density at radius 1 is 1.10 bits per heavy atom. The van der Waals surface area contributed by atoms with Gasteiger partial charge in [0.05, 0.1) is 0 Å². The molecule has 0 saturated heterocycles. The fourth-order valence-corrected chi connectivity index (χ4v) is 0.804. The van der Waals surface area contributed by atoms with Gasteiger partial charge in [0.1, 0.15) is 0 Å². The maximum atomic E-state index is 8.41. The molecule has 0 aromatic rings. The zero-order valence-corrected chi connectivity index (χ0v) is 7.77. The predicted molar refractivity (Wildman–Crippen MR) is 45.5 cm³/mol. The van der Waals surface area contributed by atoms with E-state index in [1.807, 2.05) is 0 Å². The SMILES string of the molecule is OCCCCOCCCBr. The highest BCUT2D eigenvalue weighted by Gasteiger charge is 1.87. The summed E-state index contributed by atoms with van der Waals surface area (Å²) in [6, 6.07) is 0. The quantitative estimate of drug-likeness (QED) is 0.511. The summed E-state index contributed by atoms with van der Waals surface area (Å²) < 4.78 is 5.24. The van der Waals surface area contributed by atoms with Gasteiger partial charge in [-0.05, 0) is 19.3 Å². The van der Waals surface area contributed by atoms with Gasteiger partial charge in [0.15, 0.2) is 0 Å². The Balaban J connectivity index is 2.65. The summed E-state index contributed by atoms with van der Waals surface area (Å²) in [5.74, 6) is 0. The van der Waals surface area contributed by atoms with Crippen molar-refractivity contribution in [2.24, 2.45) is 0 Å². The topological polar surface area (TPSA) is 29.5 Å². The van der Waals surface area contributed by atoms with Gasteiger partial charge in [0.2, 0.25) is 0 Å². The molecule has 2 nitrogen and oxygen atoms in total. The molecule has 0 aromatic carbocycles. The molecule has 0 amide bonds. The molecule has 0 unspecified atom stereocenters. The molecular formula is C7H15BrO2. The van der Waals surface area contributed by atoms with Gasteiger partial charge in [-0.2, -0.15) is 0 Å². The van der Waals surface area contributed by atoms with Crippen LogP contribution in [0.3, 0.4) is 0 Å². The van der Waals surface area contributed by atoms with Crippen molar-refractivity contribution in [2.45, 2.75) is 19.3 Å². The molecule has 0 atom stereocenters. The Kier molecular flexibility index (Phi) is 9.78. The number of halogens is 1. The van der Waals surface area contributed by atoms with Gasteiger partial charge in [-0.25, -0.2) is 0 Å². The Bertz CT molecular complexity index is 51.6. The monoisotopic (exact) mass is 210 g/mol. The number of hydrogen-bond donors (Lipinski definition) is 1. The van der Waals surface area contributed by atoms with Crippen molar-refractivity contribution in [3.8, 4) is 0 Å². The molecule has 0 spiro atoms. The number of unbranched alkanes of at least 4 members (excludes halogenated alkanes) is 1. The Hall–Kier alpha value is 0.400. The number of aliphatic hydroxyl groups is 1. The van der Waals surface area contributed by atoms with Crippen LogP contribution in [0.25, 0.3) is 0 Å². The highest BCUT2D eigenvalue weighted by Crippen LogP contribution is 1.92. The Morgan fingerprint density at radius 2 is 1.80 bits per heavy atom. The maximum Gasteiger partial charge on any atom is 0.0474 e. The molecule has 1 N–H and O–H groups in total. The van der Waals surface area contributed by atoms with Gasteiger partial charge in [0, 0.05) is 25.2 Å². The van der Waals surface area contributed by atoms with Gasteiger partial charge >= 0.3 is 0 Å². The number of hydrogen-bond acceptors (Lipinski definition) is 2. The van der Waals surface area contributed by atoms with Crippen molar-refractivity contribution >= 4 is 15.9 Å². The summed E-state index contributed by atoms with van der Waals surface area (Å²) in [6.45, 7) is 1.89. The number of rotatable bonds is 7. The van der Waals surface area contributed by atoms with Crippen molar-refractivity contribution < 1.29 is 9.84 Å². The minimum atomic E-state index is 0.280. The molecule has 10 heavy (non-hydrogen) atoms. The van der Waals surface area contributed by atoms with Crippen LogP contribution in [0.15, 0.2) is 0 Å². The average Bonchev–Trinajstić information content (AvgIpc) is 1.97. The summed E-state index contributed by atoms with van der Waals surface area (Å²) in [4.78, 5) is 0. The summed E-state index contributed by atoms with van der Waals surface area (Å²) >= 11 is 3.31. The van der Waals surface area contributed by atoms with Crippen LogP contribution < -0.4 is 0 Å². The zero-order chi connectivity index (χ0) is 7.66. The lowest BCUT2D eigenvalue weighted by atomic mass is 10.3. The van der Waals surface area contributed by atoms with Crippen molar-refractivity contribution in [3.05, 3.63) is 0 Å². The number of ether oxygens (including phenoxy) is 1. The van der Waals surface area contributed by atoms with Crippen LogP contribution in [-0.4, -0.2) is 30.3 Å². The molecule has 0 radical (unpaired) electrons. The third kappa shape index (κ3) is 8.40. The second-order valence-corrected chi connectivity index (χ2v) is 2.88. The Labute approximate surface area is 70.7 Å². The van der Waals surface area contributed by atoms with Crippen LogP contribution >= 0.6 is 15.9 Å². The number of alkyl halides is 1. The molecule has 0 aliphatic rings. The van der Waals surface area contributed by atoms with E-state index in [1.165, 1.54) is 0 Å². The van der Waals surface area contributed by atoms with E-state index in [1.54, 1.807) is 0 Å². The maximum absolute atomic E-state index is 8.41. The van der Waals surface area contributed by atoms with Crippen LogP contribution in [0, 0.1) is 0 Å². The summed E-state index contributed by atoms with van der Waals surface area (Å²) in [5, 5.41) is 9.41. The van der Waals surface area contributed by atoms with Crippen LogP contribution in [0.2, 0.25) is 0 Å². The summed E-state index contributed by atoms with van der Waals surface area (Å²) in [7, 11) is 0. The van der Waals surface area contributed by atoms with Crippen molar-refractivity contribution in [3.63, 3.8) is 0 Å². The third-order valence-electron chi connectivity index (χ3n) is 1.12. The lowest BCUT2D eigenvalue weighted by Gasteiger charge is -2.00. The van der Waals surface area contributed by atoms with Crippen molar-refractivity contribution in [2.75, 3.05) is 25.2 Å². The number of aliphatic hydroxyl groups excluding tert-OH is 1. The first kappa shape index (κ1) is 10.4. The molecular weight excluding hydrogens is 196 g/mol. The van der Waals surface area contributed by atoms with E-state index in [4.69, 9.17) is 9.84 Å². The van der Waals surface area contributed by atoms with Crippen LogP contribution in [0.5, 0.6) is 0 Å².